The molecule has 2 aliphatic carbocycles. The van der Waals surface area contributed by atoms with Crippen molar-refractivity contribution in [2.45, 2.75) is 95.5 Å². The van der Waals surface area contributed by atoms with Crippen LogP contribution in [-0.2, 0) is 4.43 Å². The Bertz CT molecular complexity index is 1760. The molecule has 0 unspecified atom stereocenters. The lowest BCUT2D eigenvalue weighted by molar-refractivity contribution is 0.119. The van der Waals surface area contributed by atoms with Gasteiger partial charge < -0.3 is 19.5 Å². The highest BCUT2D eigenvalue weighted by atomic mass is 28.4. The summed E-state index contributed by atoms with van der Waals surface area (Å²) in [5, 5.41) is 10.1. The van der Waals surface area contributed by atoms with Gasteiger partial charge in [0.25, 0.3) is 0 Å². The molecule has 0 radical (unpaired) electrons. The van der Waals surface area contributed by atoms with Gasteiger partial charge >= 0.3 is 6.09 Å². The van der Waals surface area contributed by atoms with Crippen LogP contribution in [0.15, 0.2) is 48.9 Å². The first-order valence-corrected chi connectivity index (χ1v) is 18.4. The number of carbonyl (C=O) groups is 1. The number of aromatic nitrogens is 4. The molecular weight excluding hydrogens is 568 g/mol. The van der Waals surface area contributed by atoms with E-state index in [1.807, 2.05) is 12.4 Å². The van der Waals surface area contributed by atoms with Crippen molar-refractivity contribution in [3.8, 4) is 34.5 Å². The summed E-state index contributed by atoms with van der Waals surface area (Å²) in [6.07, 6.45) is 9.20. The van der Waals surface area contributed by atoms with Crippen LogP contribution >= 0.6 is 0 Å². The summed E-state index contributed by atoms with van der Waals surface area (Å²) in [7, 11) is -1.78. The van der Waals surface area contributed by atoms with Crippen LogP contribution in [-0.4, -0.2) is 40.0 Å². The van der Waals surface area contributed by atoms with Gasteiger partial charge in [0, 0.05) is 23.9 Å². The zero-order valence-electron chi connectivity index (χ0n) is 26.1. The molecule has 6 rings (SSSR count). The molecule has 0 saturated heterocycles. The first-order chi connectivity index (χ1) is 20.9. The molecule has 3 aromatic heterocycles. The summed E-state index contributed by atoms with van der Waals surface area (Å²) >= 11 is 0. The van der Waals surface area contributed by atoms with Gasteiger partial charge in [-0.15, -0.1) is 0 Å². The van der Waals surface area contributed by atoms with Crippen LogP contribution in [0.2, 0.25) is 18.1 Å². The molecule has 0 spiro atoms. The first-order valence-electron chi connectivity index (χ1n) is 15.5. The number of imidazole rings is 1. The van der Waals surface area contributed by atoms with Crippen LogP contribution in [0.1, 0.15) is 82.4 Å². The van der Waals surface area contributed by atoms with Crippen LogP contribution in [0.4, 0.5) is 4.79 Å². The van der Waals surface area contributed by atoms with Crippen LogP contribution < -0.4 is 10.5 Å². The van der Waals surface area contributed by atoms with E-state index in [9.17, 15) is 10.1 Å². The van der Waals surface area contributed by atoms with E-state index >= 15 is 0 Å². The molecule has 2 saturated carbocycles. The molecule has 2 N–H and O–H groups in total. The van der Waals surface area contributed by atoms with E-state index in [1.54, 1.807) is 6.07 Å². The zero-order valence-corrected chi connectivity index (χ0v) is 27.1. The van der Waals surface area contributed by atoms with Gasteiger partial charge in [-0.05, 0) is 98.5 Å². The van der Waals surface area contributed by atoms with Crippen LogP contribution in [0, 0.1) is 11.3 Å². The van der Waals surface area contributed by atoms with Crippen molar-refractivity contribution >= 4 is 25.4 Å². The lowest BCUT2D eigenvalue weighted by Gasteiger charge is -2.41. The summed E-state index contributed by atoms with van der Waals surface area (Å²) in [6, 6.07) is 14.5. The fraction of sp³-hybridized carbons (Fsp3) is 0.441. The Balaban J connectivity index is 1.29. The van der Waals surface area contributed by atoms with Gasteiger partial charge in [-0.2, -0.15) is 5.26 Å². The van der Waals surface area contributed by atoms with E-state index in [2.05, 4.69) is 73.8 Å². The van der Waals surface area contributed by atoms with Gasteiger partial charge in [-0.3, -0.25) is 0 Å². The maximum atomic E-state index is 11.6. The number of hydrogen-bond donors (Lipinski definition) is 1. The molecule has 0 atom stereocenters. The molecule has 2 aliphatic rings. The molecule has 1 aromatic carbocycles. The highest BCUT2D eigenvalue weighted by molar-refractivity contribution is 6.74. The quantitative estimate of drug-likeness (QED) is 0.211. The fourth-order valence-electron chi connectivity index (χ4n) is 5.95. The van der Waals surface area contributed by atoms with Crippen molar-refractivity contribution in [1.29, 1.82) is 5.26 Å². The van der Waals surface area contributed by atoms with E-state index in [4.69, 9.17) is 24.9 Å². The van der Waals surface area contributed by atoms with Gasteiger partial charge in [-0.25, -0.2) is 19.7 Å². The number of nitrogens with zero attached hydrogens (tertiary/aromatic N) is 5. The molecular formula is C34H40N6O3Si. The van der Waals surface area contributed by atoms with E-state index in [0.29, 0.717) is 34.9 Å². The number of ether oxygens (including phenoxy) is 1. The number of nitriles is 1. The number of amides is 1. The minimum Gasteiger partial charge on any atom is -0.414 e. The third-order valence-electron chi connectivity index (χ3n) is 9.56. The third-order valence-corrected chi connectivity index (χ3v) is 14.1. The first kappa shape index (κ1) is 30.0. The number of primary amides is 1. The Morgan fingerprint density at radius 1 is 1.02 bits per heavy atom. The van der Waals surface area contributed by atoms with Crippen molar-refractivity contribution in [3.63, 3.8) is 0 Å². The van der Waals surface area contributed by atoms with Gasteiger partial charge in [0.05, 0.1) is 39.9 Å². The van der Waals surface area contributed by atoms with Crippen molar-refractivity contribution in [2.24, 2.45) is 5.73 Å². The number of rotatable bonds is 7. The standard InChI is InChI=1S/C34H40N6O3Si/c1-34(2,3)44(4,5)43-26-11-9-25(10-12-26)40-20-38-28-16-22(8-13-30(28)40)27-17-24(21-6-7-21)18-29(39-27)31-23(19-35)14-15-37-32(31)42-33(36)41/h8,13-18,20-21,25-26H,6-7,9-12H2,1-5H3,(H2,36,41). The van der Waals surface area contributed by atoms with E-state index in [-0.39, 0.29) is 10.9 Å². The maximum absolute atomic E-state index is 11.6. The molecule has 10 heteroatoms. The fourth-order valence-corrected chi connectivity index (χ4v) is 7.38. The highest BCUT2D eigenvalue weighted by Gasteiger charge is 2.40. The average molecular weight is 609 g/mol. The Morgan fingerprint density at radius 2 is 1.75 bits per heavy atom. The molecule has 4 aromatic rings. The van der Waals surface area contributed by atoms with Crippen LogP contribution in [0.5, 0.6) is 5.88 Å². The molecule has 0 aliphatic heterocycles. The Kier molecular flexibility index (Phi) is 7.80. The molecule has 9 nitrogen and oxygen atoms in total. The topological polar surface area (TPSA) is 129 Å². The second kappa shape index (κ2) is 11.5. The molecule has 1 amide bonds. The van der Waals surface area contributed by atoms with Gasteiger partial charge in [0.15, 0.2) is 8.32 Å². The predicted octanol–water partition coefficient (Wildman–Crippen LogP) is 7.87. The molecule has 0 bridgehead atoms. The van der Waals surface area contributed by atoms with Crippen LogP contribution in [0.25, 0.3) is 33.5 Å². The minimum atomic E-state index is -1.78. The summed E-state index contributed by atoms with van der Waals surface area (Å²) < 4.78 is 14.2. The predicted molar refractivity (Wildman–Crippen MR) is 173 cm³/mol. The summed E-state index contributed by atoms with van der Waals surface area (Å²) in [5.74, 6) is 0.401. The maximum Gasteiger partial charge on any atom is 0.411 e. The zero-order chi connectivity index (χ0) is 31.2. The lowest BCUT2D eigenvalue weighted by atomic mass is 9.93. The number of pyridine rings is 2. The van der Waals surface area contributed by atoms with E-state index in [1.165, 1.54) is 6.20 Å². The van der Waals surface area contributed by atoms with E-state index < -0.39 is 14.4 Å². The number of fused-ring (bicyclic) bond motifs is 1. The summed E-state index contributed by atoms with van der Waals surface area (Å²) in [6.45, 7) is 11.6. The SMILES string of the molecule is CC(C)(C)[Si](C)(C)OC1CCC(n2cnc3cc(-c4cc(C5CC5)cc(-c5c(C#N)ccnc5OC(N)=O)n4)ccc32)CC1. The van der Waals surface area contributed by atoms with Gasteiger partial charge in [-0.1, -0.05) is 26.8 Å². The highest BCUT2D eigenvalue weighted by Crippen LogP contribution is 2.44. The van der Waals surface area contributed by atoms with Crippen molar-refractivity contribution in [3.05, 3.63) is 60.0 Å². The minimum absolute atomic E-state index is 0.0263. The van der Waals surface area contributed by atoms with Crippen molar-refractivity contribution < 1.29 is 14.0 Å². The van der Waals surface area contributed by atoms with E-state index in [0.717, 1.165) is 66.4 Å². The Morgan fingerprint density at radius 3 is 2.41 bits per heavy atom. The summed E-state index contributed by atoms with van der Waals surface area (Å²) in [4.78, 5) is 25.6. The Labute approximate surface area is 259 Å². The number of benzene rings is 1. The van der Waals surface area contributed by atoms with Gasteiger partial charge in [0.1, 0.15) is 6.07 Å². The summed E-state index contributed by atoms with van der Waals surface area (Å²) in [5.41, 5.74) is 11.3. The monoisotopic (exact) mass is 608 g/mol. The molecule has 228 valence electrons. The van der Waals surface area contributed by atoms with Gasteiger partial charge in [0.2, 0.25) is 5.88 Å². The van der Waals surface area contributed by atoms with Crippen LogP contribution in [0.3, 0.4) is 0 Å². The third kappa shape index (κ3) is 5.99. The molecule has 44 heavy (non-hydrogen) atoms. The second-order valence-corrected chi connectivity index (χ2v) is 18.4. The molecule has 3 heterocycles. The number of carbonyl (C=O) groups excluding carboxylic acids is 1. The second-order valence-electron chi connectivity index (χ2n) is 13.7. The average Bonchev–Trinajstić information content (AvgIpc) is 3.75. The largest absolute Gasteiger partial charge is 0.414 e. The number of hydrogen-bond acceptors (Lipinski definition) is 7. The Hall–Kier alpha value is -4.07. The number of nitrogens with two attached hydrogens (primary N) is 1. The normalized spacial score (nSPS) is 19.1. The van der Waals surface area contributed by atoms with Crippen molar-refractivity contribution in [1.82, 2.24) is 19.5 Å². The molecule has 2 fully saturated rings. The van der Waals surface area contributed by atoms with Crippen molar-refractivity contribution in [2.75, 3.05) is 0 Å². The smallest absolute Gasteiger partial charge is 0.411 e. The lowest BCUT2D eigenvalue weighted by Crippen LogP contribution is -2.44.